The first-order valence-corrected chi connectivity index (χ1v) is 15.1. The Kier molecular flexibility index (Phi) is 5.73. The lowest BCUT2D eigenvalue weighted by atomic mass is 9.97. The maximum absolute atomic E-state index is 13.8. The molecule has 2 bridgehead atoms. The molecule has 4 aromatic heterocycles. The smallest absolute Gasteiger partial charge is 0.254 e. The number of hydrogen-bond donors (Lipinski definition) is 1. The number of pyridine rings is 2. The molecule has 1 saturated carbocycles. The lowest BCUT2D eigenvalue weighted by molar-refractivity contribution is 0.0726. The van der Waals surface area contributed by atoms with Gasteiger partial charge in [0.25, 0.3) is 5.91 Å². The summed E-state index contributed by atoms with van der Waals surface area (Å²) in [6.45, 7) is 5.12. The molecule has 1 aliphatic carbocycles. The maximum atomic E-state index is 13.8. The molecule has 8 nitrogen and oxygen atoms in total. The molecule has 2 saturated heterocycles. The van der Waals surface area contributed by atoms with Gasteiger partial charge in [-0.2, -0.15) is 0 Å². The number of aryl methyl sites for hydroxylation is 2. The second-order valence-electron chi connectivity index (χ2n) is 12.4. The number of imidazole rings is 1. The van der Waals surface area contributed by atoms with E-state index in [-0.39, 0.29) is 24.0 Å². The van der Waals surface area contributed by atoms with Crippen molar-refractivity contribution < 1.29 is 9.53 Å². The Balaban J connectivity index is 1.26. The Bertz CT molecular complexity index is 1880. The first-order valence-electron chi connectivity index (χ1n) is 15.1. The van der Waals surface area contributed by atoms with Crippen LogP contribution in [-0.2, 0) is 6.54 Å². The van der Waals surface area contributed by atoms with Crippen molar-refractivity contribution in [1.29, 1.82) is 0 Å². The molecule has 5 aromatic rings. The molecule has 2 N–H and O–H groups in total. The van der Waals surface area contributed by atoms with Crippen LogP contribution in [0.1, 0.15) is 53.7 Å². The van der Waals surface area contributed by atoms with Gasteiger partial charge in [-0.25, -0.2) is 9.97 Å². The van der Waals surface area contributed by atoms with Crippen LogP contribution >= 0.6 is 0 Å². The predicted molar refractivity (Wildman–Crippen MR) is 164 cm³/mol. The molecule has 3 atom stereocenters. The van der Waals surface area contributed by atoms with Crippen molar-refractivity contribution in [2.45, 2.75) is 70.6 Å². The van der Waals surface area contributed by atoms with Gasteiger partial charge in [-0.05, 0) is 81.7 Å². The summed E-state index contributed by atoms with van der Waals surface area (Å²) < 4.78 is 10.2. The van der Waals surface area contributed by atoms with E-state index in [2.05, 4.69) is 60.9 Å². The summed E-state index contributed by atoms with van der Waals surface area (Å²) >= 11 is 0. The van der Waals surface area contributed by atoms with Gasteiger partial charge in [0.1, 0.15) is 17.0 Å². The van der Waals surface area contributed by atoms with Crippen LogP contribution in [0, 0.1) is 19.8 Å². The summed E-state index contributed by atoms with van der Waals surface area (Å²) in [6, 6.07) is 19.1. The van der Waals surface area contributed by atoms with Crippen LogP contribution in [-0.4, -0.2) is 55.0 Å². The third kappa shape index (κ3) is 3.88. The van der Waals surface area contributed by atoms with Gasteiger partial charge in [-0.3, -0.25) is 9.20 Å². The predicted octanol–water partition coefficient (Wildman–Crippen LogP) is 5.76. The largest absolute Gasteiger partial charge is 0.482 e. The van der Waals surface area contributed by atoms with E-state index < -0.39 is 0 Å². The summed E-state index contributed by atoms with van der Waals surface area (Å²) in [5.41, 5.74) is 14.9. The highest BCUT2D eigenvalue weighted by Gasteiger charge is 2.47. The number of ether oxygens (including phenoxy) is 1. The van der Waals surface area contributed by atoms with Crippen molar-refractivity contribution in [3.8, 4) is 28.5 Å². The summed E-state index contributed by atoms with van der Waals surface area (Å²) in [5.74, 6) is 1.28. The minimum absolute atomic E-state index is 0.0224. The highest BCUT2D eigenvalue weighted by atomic mass is 16.5. The first-order chi connectivity index (χ1) is 20.4. The fourth-order valence-electron chi connectivity index (χ4n) is 7.37. The Labute approximate surface area is 245 Å². The van der Waals surface area contributed by atoms with Crippen molar-refractivity contribution >= 4 is 22.6 Å². The molecule has 1 amide bonds. The number of methoxy groups -OCH3 is 1. The number of nitrogens with two attached hydrogens (primary N) is 1. The van der Waals surface area contributed by atoms with Gasteiger partial charge in [-0.1, -0.05) is 24.3 Å². The lowest BCUT2D eigenvalue weighted by Gasteiger charge is -2.23. The molecule has 0 radical (unpaired) electrons. The second-order valence-corrected chi connectivity index (χ2v) is 12.4. The number of hydrogen-bond acceptors (Lipinski definition) is 5. The van der Waals surface area contributed by atoms with Crippen molar-refractivity contribution in [1.82, 2.24) is 23.8 Å². The normalized spacial score (nSPS) is 21.6. The standard InChI is InChI=1S/C34H36N6O2/c1-19-6-4-5-7-25(19)27-12-10-22-14-29(38(33(22)36-27)18-21-8-9-21)32-20(2)39-30(37-32)15-23(16-31(39)42-3)34(41)40-24-11-13-28(40)26(35)17-24/h4-7,10,12,14-16,21,24,26,28H,8-9,11,13,17-18,35H2,1-3H3/t24-,26+,28+/m0/s1. The average Bonchev–Trinajstić information content (AvgIpc) is 3.32. The van der Waals surface area contributed by atoms with Gasteiger partial charge in [0.2, 0.25) is 0 Å². The zero-order valence-corrected chi connectivity index (χ0v) is 24.4. The van der Waals surface area contributed by atoms with Crippen LogP contribution in [0.4, 0.5) is 0 Å². The molecular formula is C34H36N6O2. The van der Waals surface area contributed by atoms with E-state index in [0.29, 0.717) is 23.0 Å². The van der Waals surface area contributed by atoms with Crippen molar-refractivity contribution in [3.63, 3.8) is 0 Å². The topological polar surface area (TPSA) is 90.7 Å². The van der Waals surface area contributed by atoms with E-state index in [4.69, 9.17) is 20.4 Å². The number of carbonyl (C=O) groups is 1. The third-order valence-electron chi connectivity index (χ3n) is 9.74. The summed E-state index contributed by atoms with van der Waals surface area (Å²) in [4.78, 5) is 26.1. The molecule has 0 spiro atoms. The molecular weight excluding hydrogens is 524 g/mol. The molecule has 6 heterocycles. The van der Waals surface area contributed by atoms with Gasteiger partial charge >= 0.3 is 0 Å². The number of fused-ring (bicyclic) bond motifs is 4. The number of carbonyl (C=O) groups excluding carboxylic acids is 1. The minimum Gasteiger partial charge on any atom is -0.482 e. The van der Waals surface area contributed by atoms with E-state index in [0.717, 1.165) is 65.2 Å². The monoisotopic (exact) mass is 560 g/mol. The fourth-order valence-corrected chi connectivity index (χ4v) is 7.37. The van der Waals surface area contributed by atoms with Crippen molar-refractivity contribution in [2.24, 2.45) is 11.7 Å². The van der Waals surface area contributed by atoms with E-state index >= 15 is 0 Å². The second kappa shape index (κ2) is 9.42. The summed E-state index contributed by atoms with van der Waals surface area (Å²) in [6.07, 6.45) is 5.37. The summed E-state index contributed by atoms with van der Waals surface area (Å²) in [7, 11) is 1.65. The number of nitrogens with zero attached hydrogens (tertiary/aromatic N) is 5. The van der Waals surface area contributed by atoms with E-state index in [1.54, 1.807) is 7.11 Å². The van der Waals surface area contributed by atoms with Gasteiger partial charge in [-0.15, -0.1) is 0 Å². The van der Waals surface area contributed by atoms with E-state index in [1.165, 1.54) is 18.4 Å². The number of rotatable bonds is 6. The van der Waals surface area contributed by atoms with Gasteiger partial charge in [0, 0.05) is 47.2 Å². The van der Waals surface area contributed by atoms with Crippen LogP contribution in [0.3, 0.4) is 0 Å². The Hall–Kier alpha value is -4.17. The fraction of sp³-hybridized carbons (Fsp3) is 0.382. The van der Waals surface area contributed by atoms with Crippen LogP contribution in [0.5, 0.6) is 5.88 Å². The zero-order valence-electron chi connectivity index (χ0n) is 24.4. The molecule has 42 heavy (non-hydrogen) atoms. The molecule has 3 aliphatic rings. The third-order valence-corrected chi connectivity index (χ3v) is 9.74. The first kappa shape index (κ1) is 25.5. The minimum atomic E-state index is 0.0224. The molecule has 2 aliphatic heterocycles. The van der Waals surface area contributed by atoms with E-state index in [1.807, 2.05) is 21.4 Å². The number of aromatic nitrogens is 4. The molecule has 1 aromatic carbocycles. The van der Waals surface area contributed by atoms with Crippen molar-refractivity contribution in [2.75, 3.05) is 7.11 Å². The molecule has 8 heteroatoms. The van der Waals surface area contributed by atoms with Gasteiger partial charge in [0.05, 0.1) is 24.2 Å². The zero-order chi connectivity index (χ0) is 28.7. The molecule has 214 valence electrons. The van der Waals surface area contributed by atoms with Crippen LogP contribution in [0.25, 0.3) is 39.3 Å². The van der Waals surface area contributed by atoms with Gasteiger partial charge < -0.3 is 19.9 Å². The molecule has 3 fully saturated rings. The van der Waals surface area contributed by atoms with Crippen LogP contribution in [0.2, 0.25) is 0 Å². The lowest BCUT2D eigenvalue weighted by Crippen LogP contribution is -2.40. The van der Waals surface area contributed by atoms with E-state index in [9.17, 15) is 4.79 Å². The molecule has 0 unspecified atom stereocenters. The highest BCUT2D eigenvalue weighted by molar-refractivity contribution is 5.97. The summed E-state index contributed by atoms with van der Waals surface area (Å²) in [5, 5.41) is 1.10. The average molecular weight is 561 g/mol. The Morgan fingerprint density at radius 1 is 1.02 bits per heavy atom. The van der Waals surface area contributed by atoms with Crippen LogP contribution in [0.15, 0.2) is 54.6 Å². The van der Waals surface area contributed by atoms with Gasteiger partial charge in [0.15, 0.2) is 5.88 Å². The van der Waals surface area contributed by atoms with Crippen molar-refractivity contribution in [3.05, 3.63) is 71.4 Å². The quantitative estimate of drug-likeness (QED) is 0.285. The Morgan fingerprint density at radius 2 is 1.86 bits per heavy atom. The van der Waals surface area contributed by atoms with Crippen LogP contribution < -0.4 is 10.5 Å². The number of amides is 1. The molecule has 8 rings (SSSR count). The maximum Gasteiger partial charge on any atom is 0.254 e. The number of benzene rings is 1. The highest BCUT2D eigenvalue weighted by Crippen LogP contribution is 2.40. The Morgan fingerprint density at radius 3 is 2.57 bits per heavy atom. The SMILES string of the molecule is COc1cc(C(=O)N2[C@H]3CC[C@@H]2[C@H](N)C3)cc2nc(-c3cc4ccc(-c5ccccc5C)nc4n3CC3CC3)c(C)n12.